The van der Waals surface area contributed by atoms with Gasteiger partial charge in [0, 0.05) is 5.92 Å². The Hall–Kier alpha value is -0.890. The van der Waals surface area contributed by atoms with Crippen molar-refractivity contribution in [1.29, 1.82) is 0 Å². The molecule has 0 aromatic heterocycles. The van der Waals surface area contributed by atoms with Crippen molar-refractivity contribution in [2.45, 2.75) is 46.1 Å². The molecule has 17 heavy (non-hydrogen) atoms. The Kier molecular flexibility index (Phi) is 2.81. The van der Waals surface area contributed by atoms with Crippen LogP contribution in [0.25, 0.3) is 0 Å². The summed E-state index contributed by atoms with van der Waals surface area (Å²) in [4.78, 5) is 11.9. The van der Waals surface area contributed by atoms with Gasteiger partial charge < -0.3 is 5.11 Å². The second-order valence-corrected chi connectivity index (χ2v) is 6.40. The van der Waals surface area contributed by atoms with Crippen LogP contribution in [0.1, 0.15) is 40.5 Å². The molecule has 1 N–H and O–H groups in total. The van der Waals surface area contributed by atoms with E-state index in [1.54, 1.807) is 13.8 Å². The van der Waals surface area contributed by atoms with Gasteiger partial charge in [-0.3, -0.25) is 4.79 Å². The van der Waals surface area contributed by atoms with E-state index in [0.29, 0.717) is 11.7 Å². The fourth-order valence-electron chi connectivity index (χ4n) is 3.32. The Morgan fingerprint density at radius 3 is 2.65 bits per heavy atom. The SMILES string of the molecule is CC1=CC(=O)[C@H]2C[C@@H]1[C@]2(C)C/C=C/C(C)(C)O. The predicted molar refractivity (Wildman–Crippen MR) is 68.5 cm³/mol. The van der Waals surface area contributed by atoms with Gasteiger partial charge in [-0.1, -0.05) is 24.6 Å². The number of hydrogen-bond acceptors (Lipinski definition) is 2. The van der Waals surface area contributed by atoms with Crippen LogP contribution in [-0.4, -0.2) is 16.5 Å². The summed E-state index contributed by atoms with van der Waals surface area (Å²) >= 11 is 0. The van der Waals surface area contributed by atoms with E-state index in [1.807, 2.05) is 18.2 Å². The second-order valence-electron chi connectivity index (χ2n) is 6.40. The summed E-state index contributed by atoms with van der Waals surface area (Å²) in [5, 5.41) is 9.65. The molecule has 2 nitrogen and oxygen atoms in total. The standard InChI is InChI=1S/C15H22O2/c1-10-8-13(16)12-9-11(10)15(12,4)7-5-6-14(2,3)17/h5-6,8,11-12,17H,7,9H2,1-4H3/b6-5+/t11-,12+,15-/m0/s1. The van der Waals surface area contributed by atoms with Crippen molar-refractivity contribution in [1.82, 2.24) is 0 Å². The van der Waals surface area contributed by atoms with Crippen LogP contribution < -0.4 is 0 Å². The van der Waals surface area contributed by atoms with Crippen LogP contribution in [0.2, 0.25) is 0 Å². The summed E-state index contributed by atoms with van der Waals surface area (Å²) < 4.78 is 0. The molecule has 1 fully saturated rings. The normalized spacial score (nSPS) is 37.0. The number of carbonyl (C=O) groups excluding carboxylic acids is 1. The highest BCUT2D eigenvalue weighted by atomic mass is 16.3. The number of carbonyl (C=O) groups is 1. The average Bonchev–Trinajstić information content (AvgIpc) is 2.12. The van der Waals surface area contributed by atoms with E-state index in [4.69, 9.17) is 0 Å². The van der Waals surface area contributed by atoms with E-state index in [0.717, 1.165) is 12.8 Å². The summed E-state index contributed by atoms with van der Waals surface area (Å²) in [6.07, 6.45) is 7.58. The van der Waals surface area contributed by atoms with Crippen LogP contribution in [-0.2, 0) is 4.79 Å². The minimum atomic E-state index is -0.760. The lowest BCUT2D eigenvalue weighted by Crippen LogP contribution is -2.53. The molecule has 0 spiro atoms. The molecule has 0 radical (unpaired) electrons. The molecule has 3 aliphatic carbocycles. The topological polar surface area (TPSA) is 37.3 Å². The fraction of sp³-hybridized carbons (Fsp3) is 0.667. The number of rotatable bonds is 3. The van der Waals surface area contributed by atoms with Crippen LogP contribution in [0, 0.1) is 17.3 Å². The summed E-state index contributed by atoms with van der Waals surface area (Å²) in [5.41, 5.74) is 0.554. The third-order valence-corrected chi connectivity index (χ3v) is 4.41. The lowest BCUT2D eigenvalue weighted by Gasteiger charge is -2.56. The van der Waals surface area contributed by atoms with E-state index < -0.39 is 5.60 Å². The highest BCUT2D eigenvalue weighted by Crippen LogP contribution is 2.60. The Labute approximate surface area is 103 Å². The molecule has 2 heteroatoms. The molecule has 3 aliphatic rings. The summed E-state index contributed by atoms with van der Waals surface area (Å²) in [6.45, 7) is 7.80. The minimum Gasteiger partial charge on any atom is -0.386 e. The monoisotopic (exact) mass is 234 g/mol. The van der Waals surface area contributed by atoms with Crippen molar-refractivity contribution in [2.75, 3.05) is 0 Å². The maximum atomic E-state index is 11.9. The van der Waals surface area contributed by atoms with Gasteiger partial charge in [0.05, 0.1) is 5.60 Å². The van der Waals surface area contributed by atoms with Crippen LogP contribution >= 0.6 is 0 Å². The molecule has 3 atom stereocenters. The maximum Gasteiger partial charge on any atom is 0.159 e. The Morgan fingerprint density at radius 2 is 2.18 bits per heavy atom. The predicted octanol–water partition coefficient (Wildman–Crippen LogP) is 2.88. The van der Waals surface area contributed by atoms with Crippen molar-refractivity contribution < 1.29 is 9.90 Å². The van der Waals surface area contributed by atoms with Gasteiger partial charge >= 0.3 is 0 Å². The fourth-order valence-corrected chi connectivity index (χ4v) is 3.32. The molecule has 0 unspecified atom stereocenters. The first-order valence-electron chi connectivity index (χ1n) is 6.36. The van der Waals surface area contributed by atoms with E-state index in [1.165, 1.54) is 5.57 Å². The summed E-state index contributed by atoms with van der Waals surface area (Å²) in [6, 6.07) is 0. The van der Waals surface area contributed by atoms with Crippen molar-refractivity contribution in [2.24, 2.45) is 17.3 Å². The number of aliphatic hydroxyl groups is 1. The van der Waals surface area contributed by atoms with Gasteiger partial charge in [0.2, 0.25) is 0 Å². The van der Waals surface area contributed by atoms with E-state index in [2.05, 4.69) is 13.8 Å². The number of allylic oxidation sites excluding steroid dienone is 3. The number of fused-ring (bicyclic) bond motifs is 1. The number of ketones is 1. The minimum absolute atomic E-state index is 0.0810. The van der Waals surface area contributed by atoms with Crippen LogP contribution in [0.4, 0.5) is 0 Å². The zero-order chi connectivity index (χ0) is 12.8. The Balaban J connectivity index is 2.10. The van der Waals surface area contributed by atoms with E-state index >= 15 is 0 Å². The first-order chi connectivity index (χ1) is 7.74. The van der Waals surface area contributed by atoms with Crippen LogP contribution in [0.5, 0.6) is 0 Å². The maximum absolute atomic E-state index is 11.9. The zero-order valence-corrected chi connectivity index (χ0v) is 11.2. The van der Waals surface area contributed by atoms with Crippen molar-refractivity contribution in [3.8, 4) is 0 Å². The molecule has 94 valence electrons. The second kappa shape index (κ2) is 3.81. The first kappa shape index (κ1) is 12.6. The molecular formula is C15H22O2. The van der Waals surface area contributed by atoms with E-state index in [-0.39, 0.29) is 11.3 Å². The highest BCUT2D eigenvalue weighted by molar-refractivity contribution is 5.96. The van der Waals surface area contributed by atoms with Crippen LogP contribution in [0.15, 0.2) is 23.8 Å². The van der Waals surface area contributed by atoms with Crippen molar-refractivity contribution in [3.05, 3.63) is 23.8 Å². The van der Waals surface area contributed by atoms with Crippen molar-refractivity contribution >= 4 is 5.78 Å². The van der Waals surface area contributed by atoms with Crippen molar-refractivity contribution in [3.63, 3.8) is 0 Å². The molecule has 0 heterocycles. The Morgan fingerprint density at radius 1 is 1.53 bits per heavy atom. The number of hydrogen-bond donors (Lipinski definition) is 1. The third-order valence-electron chi connectivity index (χ3n) is 4.41. The molecule has 1 saturated carbocycles. The third kappa shape index (κ3) is 2.11. The first-order valence-corrected chi connectivity index (χ1v) is 6.36. The average molecular weight is 234 g/mol. The summed E-state index contributed by atoms with van der Waals surface area (Å²) in [5.74, 6) is 1.04. The zero-order valence-electron chi connectivity index (χ0n) is 11.2. The molecule has 0 aromatic rings. The quantitative estimate of drug-likeness (QED) is 0.762. The van der Waals surface area contributed by atoms with Crippen LogP contribution in [0.3, 0.4) is 0 Å². The highest BCUT2D eigenvalue weighted by Gasteiger charge is 2.56. The summed E-state index contributed by atoms with van der Waals surface area (Å²) in [7, 11) is 0. The molecule has 2 bridgehead atoms. The van der Waals surface area contributed by atoms with Gasteiger partial charge in [0.15, 0.2) is 5.78 Å². The molecule has 3 rings (SSSR count). The van der Waals surface area contributed by atoms with Gasteiger partial charge in [-0.2, -0.15) is 0 Å². The van der Waals surface area contributed by atoms with Gasteiger partial charge in [-0.25, -0.2) is 0 Å². The molecule has 0 aliphatic heterocycles. The van der Waals surface area contributed by atoms with Gasteiger partial charge in [-0.05, 0) is 51.0 Å². The van der Waals surface area contributed by atoms with Gasteiger partial charge in [0.25, 0.3) is 0 Å². The van der Waals surface area contributed by atoms with Gasteiger partial charge in [0.1, 0.15) is 0 Å². The van der Waals surface area contributed by atoms with E-state index in [9.17, 15) is 9.90 Å². The smallest absolute Gasteiger partial charge is 0.159 e. The molecule has 0 saturated heterocycles. The largest absolute Gasteiger partial charge is 0.386 e. The van der Waals surface area contributed by atoms with Gasteiger partial charge in [-0.15, -0.1) is 0 Å². The molecule has 0 aromatic carbocycles. The lowest BCUT2D eigenvalue weighted by molar-refractivity contribution is -0.135. The Bertz CT molecular complexity index is 398. The lowest BCUT2D eigenvalue weighted by atomic mass is 9.46. The molecular weight excluding hydrogens is 212 g/mol. The molecule has 0 amide bonds.